The van der Waals surface area contributed by atoms with Gasteiger partial charge in [-0.25, -0.2) is 14.3 Å². The van der Waals surface area contributed by atoms with Crippen LogP contribution in [0.2, 0.25) is 15.1 Å². The number of aryl methyl sites for hydroxylation is 2. The zero-order chi connectivity index (χ0) is 27.2. The van der Waals surface area contributed by atoms with Crippen molar-refractivity contribution in [2.24, 2.45) is 0 Å². The predicted octanol–water partition coefficient (Wildman–Crippen LogP) is 5.19. The van der Waals surface area contributed by atoms with Crippen molar-refractivity contribution in [2.45, 2.75) is 65.0 Å². The first-order chi connectivity index (χ1) is 17.4. The number of halogens is 3. The first-order valence-electron chi connectivity index (χ1n) is 11.8. The van der Waals surface area contributed by atoms with Gasteiger partial charge in [-0.05, 0) is 58.6 Å². The topological polar surface area (TPSA) is 130 Å². The Hall–Kier alpha value is -2.82. The van der Waals surface area contributed by atoms with Crippen molar-refractivity contribution in [1.29, 1.82) is 0 Å². The molecule has 0 aliphatic heterocycles. The number of hydrogen-bond donors (Lipinski definition) is 2. The number of ether oxygens (including phenoxy) is 1. The second-order valence-electron chi connectivity index (χ2n) is 9.47. The van der Waals surface area contributed by atoms with Gasteiger partial charge in [0.2, 0.25) is 5.95 Å². The highest BCUT2D eigenvalue weighted by Gasteiger charge is 2.20. The smallest absolute Gasteiger partial charge is 0.421 e. The van der Waals surface area contributed by atoms with Crippen molar-refractivity contribution >= 4 is 52.8 Å². The number of unbranched alkanes of at least 4 members (excludes halogenated alkanes) is 2. The number of amides is 1. The molecule has 1 aromatic carbocycles. The molecule has 3 rings (SSSR count). The Labute approximate surface area is 230 Å². The zero-order valence-electron chi connectivity index (χ0n) is 20.9. The summed E-state index contributed by atoms with van der Waals surface area (Å²) in [5, 5.41) is 11.8. The Morgan fingerprint density at radius 3 is 2.32 bits per heavy atom. The van der Waals surface area contributed by atoms with Gasteiger partial charge in [0.05, 0.1) is 33.5 Å². The van der Waals surface area contributed by atoms with Gasteiger partial charge < -0.3 is 15.8 Å². The molecule has 200 valence electrons. The average molecular weight is 571 g/mol. The lowest BCUT2D eigenvalue weighted by Gasteiger charge is -2.19. The zero-order valence-corrected chi connectivity index (χ0v) is 23.2. The first-order valence-corrected chi connectivity index (χ1v) is 12.9. The number of aromatic nitrogens is 5. The summed E-state index contributed by atoms with van der Waals surface area (Å²) >= 11 is 18.1. The van der Waals surface area contributed by atoms with E-state index in [1.165, 1.54) is 16.7 Å². The molecule has 0 bridgehead atoms. The number of carbonyl (C=O) groups excluding carboxylic acids is 2. The quantitative estimate of drug-likeness (QED) is 0.321. The molecule has 0 spiro atoms. The van der Waals surface area contributed by atoms with Crippen LogP contribution in [0.3, 0.4) is 0 Å². The van der Waals surface area contributed by atoms with Gasteiger partial charge in [0.25, 0.3) is 5.91 Å². The molecule has 13 heteroatoms. The molecule has 0 atom stereocenters. The Kier molecular flexibility index (Phi) is 9.80. The number of nitrogens with two attached hydrogens (primary N) is 1. The van der Waals surface area contributed by atoms with E-state index in [1.54, 1.807) is 31.6 Å². The number of benzene rings is 1. The molecule has 2 aromatic heterocycles. The number of anilines is 1. The summed E-state index contributed by atoms with van der Waals surface area (Å²) in [4.78, 5) is 28.9. The summed E-state index contributed by atoms with van der Waals surface area (Å²) in [5.41, 5.74) is 7.06. The molecule has 0 aliphatic carbocycles. The molecule has 0 radical (unpaired) electrons. The Morgan fingerprint density at radius 1 is 1.03 bits per heavy atom. The molecule has 3 N–H and O–H groups in total. The van der Waals surface area contributed by atoms with E-state index in [0.717, 1.165) is 37.1 Å². The predicted molar refractivity (Wildman–Crippen MR) is 143 cm³/mol. The molecule has 37 heavy (non-hydrogen) atoms. The summed E-state index contributed by atoms with van der Waals surface area (Å²) in [6.07, 6.45) is 7.19. The van der Waals surface area contributed by atoms with E-state index in [4.69, 9.17) is 45.3 Å². The van der Waals surface area contributed by atoms with Crippen LogP contribution in [0.5, 0.6) is 0 Å². The average Bonchev–Trinajstić information content (AvgIpc) is 3.37. The minimum Gasteiger partial charge on any atom is -0.443 e. The fourth-order valence-corrected chi connectivity index (χ4v) is 4.49. The Morgan fingerprint density at radius 2 is 1.68 bits per heavy atom. The van der Waals surface area contributed by atoms with Crippen molar-refractivity contribution < 1.29 is 14.3 Å². The summed E-state index contributed by atoms with van der Waals surface area (Å²) in [5.74, 6) is -0.263. The number of nitrogens with zero attached hydrogens (tertiary/aromatic N) is 5. The number of nitrogen functional groups attached to an aromatic ring is 1. The van der Waals surface area contributed by atoms with E-state index in [0.29, 0.717) is 24.5 Å². The maximum Gasteiger partial charge on any atom is 0.421 e. The molecule has 0 aliphatic rings. The van der Waals surface area contributed by atoms with Gasteiger partial charge in [-0.1, -0.05) is 46.4 Å². The number of nitrogens with one attached hydrogen (secondary N) is 1. The van der Waals surface area contributed by atoms with Gasteiger partial charge in [-0.3, -0.25) is 9.48 Å². The lowest BCUT2D eigenvalue weighted by molar-refractivity contribution is 0.0540. The maximum absolute atomic E-state index is 12.4. The van der Waals surface area contributed by atoms with Crippen molar-refractivity contribution in [2.75, 3.05) is 12.3 Å². The van der Waals surface area contributed by atoms with E-state index in [-0.39, 0.29) is 27.5 Å². The molecule has 10 nitrogen and oxygen atoms in total. The summed E-state index contributed by atoms with van der Waals surface area (Å²) in [6, 6.07) is 2.94. The SMILES string of the molecule is CC(C)(C)OC(=O)n1cc(CCCCCc2cn(CCNC(=O)c3c(Cl)cc(Cl)cc3Cl)nn2)nc1N. The highest BCUT2D eigenvalue weighted by molar-refractivity contribution is 6.42. The van der Waals surface area contributed by atoms with Crippen LogP contribution in [-0.2, 0) is 24.1 Å². The molecule has 0 fully saturated rings. The number of carbonyl (C=O) groups is 2. The second kappa shape index (κ2) is 12.6. The minimum atomic E-state index is -0.607. The van der Waals surface area contributed by atoms with Crippen molar-refractivity contribution in [1.82, 2.24) is 29.9 Å². The molecule has 0 saturated heterocycles. The van der Waals surface area contributed by atoms with Crippen molar-refractivity contribution in [3.05, 3.63) is 56.5 Å². The molecule has 1 amide bonds. The fraction of sp³-hybridized carbons (Fsp3) is 0.458. The third-order valence-electron chi connectivity index (χ3n) is 5.19. The third-order valence-corrected chi connectivity index (χ3v) is 6.00. The van der Waals surface area contributed by atoms with Crippen molar-refractivity contribution in [3.8, 4) is 0 Å². The van der Waals surface area contributed by atoms with E-state index in [2.05, 4.69) is 20.6 Å². The third kappa shape index (κ3) is 8.62. The molecular formula is C24H30Cl3N7O3. The standard InChI is InChI=1S/C24H30Cl3N7O3/c1-24(2,3)37-23(36)34-14-16(30-22(34)28)7-5-4-6-8-17-13-33(32-31-17)10-9-29-21(35)20-18(26)11-15(25)12-19(20)27/h11-14H,4-10H2,1-3H3,(H2,28,30)(H,29,35). The highest BCUT2D eigenvalue weighted by Crippen LogP contribution is 2.28. The Balaban J connectivity index is 1.37. The minimum absolute atomic E-state index is 0.122. The van der Waals surface area contributed by atoms with Crippen LogP contribution in [0.4, 0.5) is 10.7 Å². The van der Waals surface area contributed by atoms with Crippen LogP contribution in [0.25, 0.3) is 0 Å². The molecule has 0 unspecified atom stereocenters. The van der Waals surface area contributed by atoms with Gasteiger partial charge in [0.15, 0.2) is 0 Å². The maximum atomic E-state index is 12.4. The van der Waals surface area contributed by atoms with Gasteiger partial charge in [-0.2, -0.15) is 0 Å². The van der Waals surface area contributed by atoms with E-state index < -0.39 is 11.7 Å². The second-order valence-corrected chi connectivity index (χ2v) is 10.7. The number of hydrogen-bond acceptors (Lipinski definition) is 7. The first kappa shape index (κ1) is 28.7. The van der Waals surface area contributed by atoms with Crippen LogP contribution >= 0.6 is 34.8 Å². The summed E-state index contributed by atoms with van der Waals surface area (Å²) < 4.78 is 8.24. The van der Waals surface area contributed by atoms with Crippen LogP contribution in [0.15, 0.2) is 24.5 Å². The lowest BCUT2D eigenvalue weighted by atomic mass is 10.1. The Bertz CT molecular complexity index is 1230. The largest absolute Gasteiger partial charge is 0.443 e. The summed E-state index contributed by atoms with van der Waals surface area (Å²) in [7, 11) is 0. The lowest BCUT2D eigenvalue weighted by Crippen LogP contribution is -2.28. The van der Waals surface area contributed by atoms with Crippen LogP contribution in [0.1, 0.15) is 61.8 Å². The molecular weight excluding hydrogens is 541 g/mol. The molecule has 2 heterocycles. The monoisotopic (exact) mass is 569 g/mol. The van der Waals surface area contributed by atoms with Gasteiger partial charge in [0.1, 0.15) is 5.60 Å². The van der Waals surface area contributed by atoms with E-state index in [1.807, 2.05) is 6.20 Å². The van der Waals surface area contributed by atoms with Crippen LogP contribution in [-0.4, -0.2) is 48.7 Å². The van der Waals surface area contributed by atoms with E-state index in [9.17, 15) is 9.59 Å². The van der Waals surface area contributed by atoms with E-state index >= 15 is 0 Å². The van der Waals surface area contributed by atoms with Crippen LogP contribution in [0, 0.1) is 0 Å². The normalized spacial score (nSPS) is 11.5. The number of imidazole rings is 1. The molecule has 3 aromatic rings. The van der Waals surface area contributed by atoms with Gasteiger partial charge in [-0.15, -0.1) is 5.10 Å². The number of rotatable bonds is 10. The molecule has 0 saturated carbocycles. The fourth-order valence-electron chi connectivity index (χ4n) is 3.51. The van der Waals surface area contributed by atoms with Crippen LogP contribution < -0.4 is 11.1 Å². The highest BCUT2D eigenvalue weighted by atomic mass is 35.5. The van der Waals surface area contributed by atoms with Crippen molar-refractivity contribution in [3.63, 3.8) is 0 Å². The summed E-state index contributed by atoms with van der Waals surface area (Å²) in [6.45, 7) is 6.17. The van der Waals surface area contributed by atoms with Gasteiger partial charge in [0, 0.05) is 24.0 Å². The van der Waals surface area contributed by atoms with Gasteiger partial charge >= 0.3 is 6.09 Å².